The molecule has 1 aromatic rings. The highest BCUT2D eigenvalue weighted by Gasteiger charge is 2.38. The normalized spacial score (nSPS) is 19.4. The van der Waals surface area contributed by atoms with E-state index in [1.807, 2.05) is 13.0 Å². The predicted molar refractivity (Wildman–Crippen MR) is 106 cm³/mol. The van der Waals surface area contributed by atoms with Gasteiger partial charge in [-0.3, -0.25) is 19.4 Å². The van der Waals surface area contributed by atoms with Gasteiger partial charge < -0.3 is 4.90 Å². The third-order valence-corrected chi connectivity index (χ3v) is 5.55. The molecule has 2 aliphatic rings. The van der Waals surface area contributed by atoms with Crippen LogP contribution < -0.4 is 4.90 Å². The van der Waals surface area contributed by atoms with Crippen molar-refractivity contribution in [2.75, 3.05) is 26.0 Å². The van der Waals surface area contributed by atoms with Crippen molar-refractivity contribution in [3.05, 3.63) is 40.5 Å². The van der Waals surface area contributed by atoms with Crippen molar-refractivity contribution in [3.63, 3.8) is 0 Å². The molecule has 0 saturated carbocycles. The van der Waals surface area contributed by atoms with E-state index in [1.165, 1.54) is 14.1 Å². The number of imide groups is 2. The van der Waals surface area contributed by atoms with Crippen molar-refractivity contribution in [2.45, 2.75) is 33.2 Å². The van der Waals surface area contributed by atoms with Crippen LogP contribution >= 0.6 is 0 Å². The van der Waals surface area contributed by atoms with Crippen LogP contribution in [0.15, 0.2) is 23.8 Å². The van der Waals surface area contributed by atoms with Crippen molar-refractivity contribution in [3.8, 4) is 0 Å². The highest BCUT2D eigenvalue weighted by Crippen LogP contribution is 2.39. The Morgan fingerprint density at radius 2 is 1.48 bits per heavy atom. The van der Waals surface area contributed by atoms with Crippen LogP contribution in [0.1, 0.15) is 37.5 Å². The van der Waals surface area contributed by atoms with Crippen molar-refractivity contribution in [1.82, 2.24) is 9.80 Å². The second-order valence-electron chi connectivity index (χ2n) is 7.83. The van der Waals surface area contributed by atoms with Gasteiger partial charge in [0.05, 0.1) is 5.54 Å². The van der Waals surface area contributed by atoms with Gasteiger partial charge in [-0.1, -0.05) is 6.08 Å². The minimum atomic E-state index is -0.619. The van der Waals surface area contributed by atoms with E-state index in [1.54, 1.807) is 6.08 Å². The molecule has 0 spiro atoms. The lowest BCUT2D eigenvalue weighted by Crippen LogP contribution is -2.52. The number of allylic oxidation sites excluding steroid dienone is 1. The van der Waals surface area contributed by atoms with E-state index >= 15 is 0 Å². The van der Waals surface area contributed by atoms with Crippen molar-refractivity contribution < 1.29 is 14.4 Å². The molecule has 1 aromatic carbocycles. The van der Waals surface area contributed by atoms with E-state index in [4.69, 9.17) is 0 Å². The number of hydrogen-bond acceptors (Lipinski definition) is 4. The summed E-state index contributed by atoms with van der Waals surface area (Å²) in [4.78, 5) is 41.0. The molecule has 0 aromatic heterocycles. The molecule has 2 aliphatic heterocycles. The van der Waals surface area contributed by atoms with Gasteiger partial charge in [-0.15, -0.1) is 0 Å². The Balaban J connectivity index is 2.13. The Kier molecular flexibility index (Phi) is 4.25. The van der Waals surface area contributed by atoms with Crippen LogP contribution in [0.3, 0.4) is 0 Å². The van der Waals surface area contributed by atoms with Crippen LogP contribution in [0.25, 0.3) is 11.6 Å². The molecule has 0 unspecified atom stereocenters. The van der Waals surface area contributed by atoms with Gasteiger partial charge in [0, 0.05) is 32.4 Å². The van der Waals surface area contributed by atoms with Crippen LogP contribution in [0.5, 0.6) is 0 Å². The number of barbiturate groups is 1. The van der Waals surface area contributed by atoms with E-state index in [-0.39, 0.29) is 11.1 Å². The zero-order valence-corrected chi connectivity index (χ0v) is 16.9. The molecule has 27 heavy (non-hydrogen) atoms. The van der Waals surface area contributed by atoms with Crippen LogP contribution in [-0.4, -0.2) is 54.3 Å². The molecule has 0 atom stereocenters. The number of fused-ring (bicyclic) bond motifs is 1. The number of aryl methyl sites for hydroxylation is 1. The number of carbonyl (C=O) groups is 3. The molecule has 6 heteroatoms. The smallest absolute Gasteiger partial charge is 0.333 e. The quantitative estimate of drug-likeness (QED) is 0.565. The number of urea groups is 1. The molecule has 0 radical (unpaired) electrons. The molecule has 142 valence electrons. The van der Waals surface area contributed by atoms with E-state index in [9.17, 15) is 14.4 Å². The number of amides is 4. The molecule has 6 nitrogen and oxygen atoms in total. The van der Waals surface area contributed by atoms with Crippen molar-refractivity contribution in [1.29, 1.82) is 0 Å². The van der Waals surface area contributed by atoms with E-state index in [0.717, 1.165) is 37.8 Å². The van der Waals surface area contributed by atoms with Crippen molar-refractivity contribution >= 4 is 35.2 Å². The predicted octanol–water partition coefficient (Wildman–Crippen LogP) is 3.06. The fourth-order valence-electron chi connectivity index (χ4n) is 3.60. The Morgan fingerprint density at radius 3 is 2.04 bits per heavy atom. The molecule has 2 heterocycles. The SMILES string of the molecule is CC1=CC(C)(C)N(C)c2cc(C)c(C=C3C(=O)N(C)C(=O)N(C)C3=O)cc21. The maximum Gasteiger partial charge on any atom is 0.333 e. The lowest BCUT2D eigenvalue weighted by atomic mass is 9.87. The largest absolute Gasteiger partial charge is 0.365 e. The number of likely N-dealkylation sites (N-methyl/N-ethyl adjacent to an activating group) is 3. The number of anilines is 1. The summed E-state index contributed by atoms with van der Waals surface area (Å²) < 4.78 is 0. The maximum absolute atomic E-state index is 12.5. The minimum Gasteiger partial charge on any atom is -0.365 e. The number of hydrogen-bond donors (Lipinski definition) is 0. The van der Waals surface area contributed by atoms with Crippen LogP contribution in [0.4, 0.5) is 10.5 Å². The molecule has 0 aliphatic carbocycles. The summed E-state index contributed by atoms with van der Waals surface area (Å²) in [5, 5.41) is 0. The van der Waals surface area contributed by atoms with Gasteiger partial charge in [-0.25, -0.2) is 4.79 Å². The van der Waals surface area contributed by atoms with E-state index in [2.05, 4.69) is 44.9 Å². The molecular weight excluding hydrogens is 342 g/mol. The summed E-state index contributed by atoms with van der Waals surface area (Å²) in [6.07, 6.45) is 3.80. The lowest BCUT2D eigenvalue weighted by molar-refractivity contribution is -0.134. The van der Waals surface area contributed by atoms with Gasteiger partial charge in [0.2, 0.25) is 0 Å². The number of nitrogens with zero attached hydrogens (tertiary/aromatic N) is 3. The zero-order valence-electron chi connectivity index (χ0n) is 16.9. The third kappa shape index (κ3) is 2.85. The van der Waals surface area contributed by atoms with Crippen LogP contribution in [0.2, 0.25) is 0 Å². The van der Waals surface area contributed by atoms with Crippen molar-refractivity contribution in [2.24, 2.45) is 0 Å². The minimum absolute atomic E-state index is 0.00576. The molecule has 1 saturated heterocycles. The summed E-state index contributed by atoms with van der Waals surface area (Å²) in [5.74, 6) is -1.16. The topological polar surface area (TPSA) is 60.9 Å². The highest BCUT2D eigenvalue weighted by atomic mass is 16.2. The van der Waals surface area contributed by atoms with Gasteiger partial charge in [-0.05, 0) is 62.6 Å². The van der Waals surface area contributed by atoms with Gasteiger partial charge in [-0.2, -0.15) is 0 Å². The third-order valence-electron chi connectivity index (χ3n) is 5.55. The Bertz CT molecular complexity index is 914. The summed E-state index contributed by atoms with van der Waals surface area (Å²) in [7, 11) is 4.82. The summed E-state index contributed by atoms with van der Waals surface area (Å²) >= 11 is 0. The fourth-order valence-corrected chi connectivity index (χ4v) is 3.60. The van der Waals surface area contributed by atoms with Gasteiger partial charge in [0.25, 0.3) is 11.8 Å². The Morgan fingerprint density at radius 1 is 0.926 bits per heavy atom. The summed E-state index contributed by atoms with van der Waals surface area (Å²) in [6, 6.07) is 3.47. The van der Waals surface area contributed by atoms with Crippen LogP contribution in [-0.2, 0) is 9.59 Å². The zero-order chi connectivity index (χ0) is 20.3. The van der Waals surface area contributed by atoms with E-state index < -0.39 is 17.8 Å². The standard InChI is InChI=1S/C21H25N3O3/c1-12-8-17-15(13(2)11-21(3,4)24(17)7)9-14(12)10-16-18(25)22(5)20(27)23(6)19(16)26/h8-11H,1-7H3. The molecule has 0 bridgehead atoms. The second kappa shape index (κ2) is 6.08. The molecule has 3 rings (SSSR count). The van der Waals surface area contributed by atoms with Gasteiger partial charge >= 0.3 is 6.03 Å². The monoisotopic (exact) mass is 367 g/mol. The number of rotatable bonds is 1. The first-order valence-electron chi connectivity index (χ1n) is 8.86. The maximum atomic E-state index is 12.5. The average molecular weight is 367 g/mol. The summed E-state index contributed by atoms with van der Waals surface area (Å²) in [5.41, 5.74) is 4.99. The molecule has 0 N–H and O–H groups in total. The molecule has 4 amide bonds. The first-order chi connectivity index (χ1) is 12.5. The number of carbonyl (C=O) groups excluding carboxylic acids is 3. The molecule has 1 fully saturated rings. The highest BCUT2D eigenvalue weighted by molar-refractivity contribution is 6.30. The Labute approximate surface area is 159 Å². The van der Waals surface area contributed by atoms with Gasteiger partial charge in [0.1, 0.15) is 5.57 Å². The Hall–Kier alpha value is -2.89. The van der Waals surface area contributed by atoms with Crippen LogP contribution in [0, 0.1) is 6.92 Å². The average Bonchev–Trinajstić information content (AvgIpc) is 2.60. The second-order valence-corrected chi connectivity index (χ2v) is 7.83. The molecular formula is C21H25N3O3. The summed E-state index contributed by atoms with van der Waals surface area (Å²) in [6.45, 7) is 8.34. The van der Waals surface area contributed by atoms with Gasteiger partial charge in [0.15, 0.2) is 0 Å². The number of benzene rings is 1. The first-order valence-corrected chi connectivity index (χ1v) is 8.86. The lowest BCUT2D eigenvalue weighted by Gasteiger charge is -2.41. The van der Waals surface area contributed by atoms with E-state index in [0.29, 0.717) is 0 Å². The first kappa shape index (κ1) is 18.9. The fraction of sp³-hybridized carbons (Fsp3) is 0.381.